The smallest absolute Gasteiger partial charge is 0.335 e. The molecule has 0 heterocycles. The largest absolute Gasteiger partial charge is 0.506 e. The Labute approximate surface area is 120 Å². The van der Waals surface area contributed by atoms with Gasteiger partial charge in [-0.25, -0.2) is 4.79 Å². The standard InChI is InChI=1S/C12H14BrNO3.ClH/c1-6(2)3-10(14)8-4-7(12(16)17)5-9(13)11(8)15;/h4-5,10,15H,1,3,14H2,2H3,(H,16,17);1H/t10-;/m0./s1. The van der Waals surface area contributed by atoms with Crippen LogP contribution in [-0.2, 0) is 0 Å². The highest BCUT2D eigenvalue weighted by atomic mass is 79.9. The van der Waals surface area contributed by atoms with E-state index in [0.717, 1.165) is 5.57 Å². The summed E-state index contributed by atoms with van der Waals surface area (Å²) in [6.07, 6.45) is 0.489. The van der Waals surface area contributed by atoms with Gasteiger partial charge in [-0.15, -0.1) is 19.0 Å². The van der Waals surface area contributed by atoms with Gasteiger partial charge in [0.25, 0.3) is 0 Å². The summed E-state index contributed by atoms with van der Waals surface area (Å²) in [5.41, 5.74) is 7.26. The van der Waals surface area contributed by atoms with Crippen LogP contribution in [-0.4, -0.2) is 16.2 Å². The normalized spacial score (nSPS) is 11.5. The third kappa shape index (κ3) is 4.01. The van der Waals surface area contributed by atoms with E-state index in [2.05, 4.69) is 22.5 Å². The molecule has 0 unspecified atom stereocenters. The van der Waals surface area contributed by atoms with Crippen molar-refractivity contribution < 1.29 is 15.0 Å². The molecular formula is C12H15BrClNO3. The zero-order chi connectivity index (χ0) is 13.2. The van der Waals surface area contributed by atoms with Gasteiger partial charge in [-0.3, -0.25) is 0 Å². The van der Waals surface area contributed by atoms with Crippen molar-refractivity contribution in [3.8, 4) is 5.75 Å². The van der Waals surface area contributed by atoms with Gasteiger partial charge in [-0.1, -0.05) is 5.57 Å². The van der Waals surface area contributed by atoms with Crippen molar-refractivity contribution in [3.63, 3.8) is 0 Å². The highest BCUT2D eigenvalue weighted by Crippen LogP contribution is 2.34. The Hall–Kier alpha value is -1.04. The van der Waals surface area contributed by atoms with Crippen LogP contribution in [0, 0.1) is 0 Å². The van der Waals surface area contributed by atoms with Crippen molar-refractivity contribution in [2.24, 2.45) is 5.73 Å². The maximum atomic E-state index is 10.9. The zero-order valence-corrected chi connectivity index (χ0v) is 12.2. The maximum Gasteiger partial charge on any atom is 0.335 e. The Balaban J connectivity index is 0.00000289. The number of hydrogen-bond donors (Lipinski definition) is 3. The molecule has 0 saturated carbocycles. The zero-order valence-electron chi connectivity index (χ0n) is 9.81. The minimum Gasteiger partial charge on any atom is -0.506 e. The third-order valence-corrected chi connectivity index (χ3v) is 2.91. The van der Waals surface area contributed by atoms with Gasteiger partial charge in [0.15, 0.2) is 0 Å². The Morgan fingerprint density at radius 1 is 1.56 bits per heavy atom. The summed E-state index contributed by atoms with van der Waals surface area (Å²) in [6, 6.07) is 2.26. The Bertz CT molecular complexity index is 477. The predicted octanol–water partition coefficient (Wildman–Crippen LogP) is 3.24. The number of hydrogen-bond acceptors (Lipinski definition) is 3. The van der Waals surface area contributed by atoms with Crippen molar-refractivity contribution in [2.45, 2.75) is 19.4 Å². The molecular weight excluding hydrogens is 321 g/mol. The predicted molar refractivity (Wildman–Crippen MR) is 76.4 cm³/mol. The lowest BCUT2D eigenvalue weighted by Gasteiger charge is -2.15. The summed E-state index contributed by atoms with van der Waals surface area (Å²) in [4.78, 5) is 10.9. The van der Waals surface area contributed by atoms with Crippen molar-refractivity contribution in [2.75, 3.05) is 0 Å². The quantitative estimate of drug-likeness (QED) is 0.737. The summed E-state index contributed by atoms with van der Waals surface area (Å²) in [6.45, 7) is 5.57. The van der Waals surface area contributed by atoms with Crippen molar-refractivity contribution >= 4 is 34.3 Å². The molecule has 0 spiro atoms. The monoisotopic (exact) mass is 335 g/mol. The minimum atomic E-state index is -1.06. The molecule has 1 rings (SSSR count). The number of carbonyl (C=O) groups is 1. The number of aromatic hydroxyl groups is 1. The van der Waals surface area contributed by atoms with Gasteiger partial charge in [0.1, 0.15) is 5.75 Å². The summed E-state index contributed by atoms with van der Waals surface area (Å²) in [7, 11) is 0. The number of rotatable bonds is 4. The van der Waals surface area contributed by atoms with Crippen LogP contribution in [0.1, 0.15) is 35.3 Å². The van der Waals surface area contributed by atoms with E-state index in [-0.39, 0.29) is 23.7 Å². The van der Waals surface area contributed by atoms with Gasteiger partial charge in [0, 0.05) is 11.6 Å². The van der Waals surface area contributed by atoms with Crippen molar-refractivity contribution in [1.82, 2.24) is 0 Å². The number of nitrogens with two attached hydrogens (primary N) is 1. The highest BCUT2D eigenvalue weighted by Gasteiger charge is 2.17. The lowest BCUT2D eigenvalue weighted by Crippen LogP contribution is -2.12. The van der Waals surface area contributed by atoms with E-state index in [1.165, 1.54) is 12.1 Å². The number of carboxylic acids is 1. The number of halogens is 2. The summed E-state index contributed by atoms with van der Waals surface area (Å²) in [5.74, 6) is -1.08. The molecule has 0 amide bonds. The number of aromatic carboxylic acids is 1. The molecule has 100 valence electrons. The molecule has 1 aromatic rings. The van der Waals surface area contributed by atoms with Crippen LogP contribution in [0.4, 0.5) is 0 Å². The molecule has 0 aromatic heterocycles. The van der Waals surface area contributed by atoms with Gasteiger partial charge in [-0.05, 0) is 41.4 Å². The second kappa shape index (κ2) is 6.78. The molecule has 18 heavy (non-hydrogen) atoms. The van der Waals surface area contributed by atoms with Gasteiger partial charge in [0.05, 0.1) is 10.0 Å². The van der Waals surface area contributed by atoms with Gasteiger partial charge in [-0.2, -0.15) is 0 Å². The van der Waals surface area contributed by atoms with Gasteiger partial charge in [0.2, 0.25) is 0 Å². The molecule has 6 heteroatoms. The average Bonchev–Trinajstić information content (AvgIpc) is 2.20. The average molecular weight is 337 g/mol. The van der Waals surface area contributed by atoms with E-state index in [0.29, 0.717) is 16.5 Å². The van der Waals surface area contributed by atoms with E-state index < -0.39 is 12.0 Å². The summed E-state index contributed by atoms with van der Waals surface area (Å²) >= 11 is 3.11. The van der Waals surface area contributed by atoms with Gasteiger partial charge >= 0.3 is 5.97 Å². The fraction of sp³-hybridized carbons (Fsp3) is 0.250. The molecule has 0 fully saturated rings. The van der Waals surface area contributed by atoms with Crippen LogP contribution in [0.3, 0.4) is 0 Å². The van der Waals surface area contributed by atoms with Crippen LogP contribution >= 0.6 is 28.3 Å². The summed E-state index contributed by atoms with van der Waals surface area (Å²) in [5, 5.41) is 18.8. The fourth-order valence-corrected chi connectivity index (χ4v) is 1.99. The first kappa shape index (κ1) is 17.0. The van der Waals surface area contributed by atoms with E-state index >= 15 is 0 Å². The number of phenols is 1. The Morgan fingerprint density at radius 3 is 2.56 bits per heavy atom. The second-order valence-electron chi connectivity index (χ2n) is 3.97. The van der Waals surface area contributed by atoms with Crippen molar-refractivity contribution in [1.29, 1.82) is 0 Å². The minimum absolute atomic E-state index is 0. The Kier molecular flexibility index (Phi) is 6.38. The number of phenolic OH excluding ortho intramolecular Hbond substituents is 1. The van der Waals surface area contributed by atoms with Crippen LogP contribution < -0.4 is 5.73 Å². The molecule has 1 atom stereocenters. The van der Waals surface area contributed by atoms with Crippen LogP contribution in [0.5, 0.6) is 5.75 Å². The topological polar surface area (TPSA) is 83.6 Å². The Morgan fingerprint density at radius 2 is 2.11 bits per heavy atom. The first-order chi connectivity index (χ1) is 7.82. The van der Waals surface area contributed by atoms with E-state index in [1.807, 2.05) is 6.92 Å². The molecule has 0 aliphatic rings. The maximum absolute atomic E-state index is 10.9. The second-order valence-corrected chi connectivity index (χ2v) is 4.82. The molecule has 4 nitrogen and oxygen atoms in total. The van der Waals surface area contributed by atoms with E-state index in [9.17, 15) is 9.90 Å². The lowest BCUT2D eigenvalue weighted by atomic mass is 9.98. The van der Waals surface area contributed by atoms with Crippen LogP contribution in [0.15, 0.2) is 28.8 Å². The number of carboxylic acid groups (broad SMARTS) is 1. The molecule has 1 aromatic carbocycles. The SMILES string of the molecule is C=C(C)C[C@H](N)c1cc(C(=O)O)cc(Br)c1O.Cl. The third-order valence-electron chi connectivity index (χ3n) is 2.31. The van der Waals surface area contributed by atoms with Crippen molar-refractivity contribution in [3.05, 3.63) is 39.9 Å². The summed E-state index contributed by atoms with van der Waals surface area (Å²) < 4.78 is 0.324. The highest BCUT2D eigenvalue weighted by molar-refractivity contribution is 9.10. The van der Waals surface area contributed by atoms with E-state index in [4.69, 9.17) is 10.8 Å². The fourth-order valence-electron chi connectivity index (χ4n) is 1.51. The van der Waals surface area contributed by atoms with E-state index in [1.54, 1.807) is 0 Å². The first-order valence-corrected chi connectivity index (χ1v) is 5.78. The van der Waals surface area contributed by atoms with Crippen LogP contribution in [0.2, 0.25) is 0 Å². The molecule has 0 radical (unpaired) electrons. The van der Waals surface area contributed by atoms with Crippen LogP contribution in [0.25, 0.3) is 0 Å². The molecule has 0 saturated heterocycles. The molecule has 0 aliphatic carbocycles. The number of benzene rings is 1. The molecule has 4 N–H and O–H groups in total. The molecule has 0 bridgehead atoms. The first-order valence-electron chi connectivity index (χ1n) is 4.98. The lowest BCUT2D eigenvalue weighted by molar-refractivity contribution is 0.0696. The van der Waals surface area contributed by atoms with Gasteiger partial charge < -0.3 is 15.9 Å². The molecule has 0 aliphatic heterocycles.